The molecule has 0 aliphatic carbocycles. The van der Waals surface area contributed by atoms with Crippen LogP contribution in [-0.2, 0) is 6.54 Å². The summed E-state index contributed by atoms with van der Waals surface area (Å²) in [4.78, 5) is 1.93. The second-order valence-corrected chi connectivity index (χ2v) is 3.49. The van der Waals surface area contributed by atoms with E-state index in [0.29, 0.717) is 0 Å². The summed E-state index contributed by atoms with van der Waals surface area (Å²) in [5, 5.41) is 9.67. The lowest BCUT2D eigenvalue weighted by atomic mass is 10.1. The molecule has 12 heavy (non-hydrogen) atoms. The molecule has 0 radical (unpaired) electrons. The molecule has 1 aromatic rings. The van der Waals surface area contributed by atoms with Gasteiger partial charge in [0.15, 0.2) is 0 Å². The summed E-state index contributed by atoms with van der Waals surface area (Å²) < 4.78 is 0. The molecule has 0 saturated heterocycles. The number of hydrogen-bond donors (Lipinski definition) is 1. The Balaban J connectivity index is 2.47. The second-order valence-electron chi connectivity index (χ2n) is 3.49. The van der Waals surface area contributed by atoms with Crippen LogP contribution in [-0.4, -0.2) is 17.1 Å². The molecule has 0 amide bonds. The molecule has 64 valence electrons. The van der Waals surface area contributed by atoms with Gasteiger partial charge in [-0.1, -0.05) is 23.8 Å². The van der Waals surface area contributed by atoms with Gasteiger partial charge in [-0.2, -0.15) is 0 Å². The van der Waals surface area contributed by atoms with E-state index < -0.39 is 6.23 Å². The molecule has 1 heterocycles. The maximum absolute atomic E-state index is 9.67. The molecular formula is C10H13NO. The highest BCUT2D eigenvalue weighted by atomic mass is 16.3. The van der Waals surface area contributed by atoms with Crippen LogP contribution in [0, 0.1) is 6.92 Å². The summed E-state index contributed by atoms with van der Waals surface area (Å²) in [6, 6.07) is 6.20. The van der Waals surface area contributed by atoms with Crippen molar-refractivity contribution in [3.63, 3.8) is 0 Å². The first-order valence-electron chi connectivity index (χ1n) is 4.16. The van der Waals surface area contributed by atoms with E-state index in [-0.39, 0.29) is 0 Å². The Hall–Kier alpha value is -0.860. The maximum atomic E-state index is 9.67. The van der Waals surface area contributed by atoms with Gasteiger partial charge in [-0.3, -0.25) is 4.90 Å². The van der Waals surface area contributed by atoms with Crippen LogP contribution in [0.3, 0.4) is 0 Å². The highest BCUT2D eigenvalue weighted by molar-refractivity contribution is 5.35. The zero-order valence-corrected chi connectivity index (χ0v) is 7.41. The van der Waals surface area contributed by atoms with Crippen molar-refractivity contribution in [2.24, 2.45) is 0 Å². The lowest BCUT2D eigenvalue weighted by Crippen LogP contribution is -2.15. The van der Waals surface area contributed by atoms with Crippen LogP contribution in [0.5, 0.6) is 0 Å². The SMILES string of the molecule is Cc1ccc2c(c1)CN(C)C2O. The number of nitrogens with zero attached hydrogens (tertiary/aromatic N) is 1. The number of aliphatic hydroxyl groups excluding tert-OH is 1. The van der Waals surface area contributed by atoms with Crippen molar-refractivity contribution < 1.29 is 5.11 Å². The van der Waals surface area contributed by atoms with E-state index in [1.165, 1.54) is 11.1 Å². The quantitative estimate of drug-likeness (QED) is 0.625. The van der Waals surface area contributed by atoms with Gasteiger partial charge in [0.1, 0.15) is 6.23 Å². The van der Waals surface area contributed by atoms with Crippen LogP contribution in [0.1, 0.15) is 22.9 Å². The van der Waals surface area contributed by atoms with Crippen molar-refractivity contribution in [2.45, 2.75) is 19.7 Å². The molecule has 1 aliphatic heterocycles. The largest absolute Gasteiger partial charge is 0.374 e. The fraction of sp³-hybridized carbons (Fsp3) is 0.400. The van der Waals surface area contributed by atoms with Crippen LogP contribution < -0.4 is 0 Å². The Labute approximate surface area is 72.4 Å². The van der Waals surface area contributed by atoms with Crippen molar-refractivity contribution in [3.8, 4) is 0 Å². The van der Waals surface area contributed by atoms with E-state index in [9.17, 15) is 5.11 Å². The normalized spacial score (nSPS) is 22.8. The average Bonchev–Trinajstić information content (AvgIpc) is 2.28. The van der Waals surface area contributed by atoms with Gasteiger partial charge in [-0.25, -0.2) is 0 Å². The van der Waals surface area contributed by atoms with Crippen LogP contribution in [0.15, 0.2) is 18.2 Å². The van der Waals surface area contributed by atoms with Gasteiger partial charge in [0.05, 0.1) is 0 Å². The van der Waals surface area contributed by atoms with Gasteiger partial charge >= 0.3 is 0 Å². The minimum atomic E-state index is -0.402. The fourth-order valence-corrected chi connectivity index (χ4v) is 1.72. The number of aliphatic hydroxyl groups is 1. The highest BCUT2D eigenvalue weighted by Crippen LogP contribution is 2.30. The van der Waals surface area contributed by atoms with Gasteiger partial charge < -0.3 is 5.11 Å². The molecule has 1 aliphatic rings. The fourth-order valence-electron chi connectivity index (χ4n) is 1.72. The van der Waals surface area contributed by atoms with Gasteiger partial charge in [0.25, 0.3) is 0 Å². The van der Waals surface area contributed by atoms with Crippen molar-refractivity contribution in [1.29, 1.82) is 0 Å². The third kappa shape index (κ3) is 1.04. The van der Waals surface area contributed by atoms with Crippen LogP contribution in [0.2, 0.25) is 0 Å². The second kappa shape index (κ2) is 2.57. The minimum Gasteiger partial charge on any atom is -0.374 e. The summed E-state index contributed by atoms with van der Waals surface area (Å²) in [7, 11) is 1.93. The summed E-state index contributed by atoms with van der Waals surface area (Å²) in [5.41, 5.74) is 3.57. The van der Waals surface area contributed by atoms with E-state index in [4.69, 9.17) is 0 Å². The Morgan fingerprint density at radius 3 is 3.00 bits per heavy atom. The van der Waals surface area contributed by atoms with E-state index in [1.807, 2.05) is 24.1 Å². The lowest BCUT2D eigenvalue weighted by molar-refractivity contribution is 0.0337. The molecule has 1 unspecified atom stereocenters. The number of rotatable bonds is 0. The first-order valence-corrected chi connectivity index (χ1v) is 4.16. The number of fused-ring (bicyclic) bond motifs is 1. The molecule has 1 N–H and O–H groups in total. The van der Waals surface area contributed by atoms with E-state index in [2.05, 4.69) is 13.0 Å². The Morgan fingerprint density at radius 1 is 1.50 bits per heavy atom. The lowest BCUT2D eigenvalue weighted by Gasteiger charge is -2.12. The third-order valence-electron chi connectivity index (χ3n) is 2.41. The molecule has 0 spiro atoms. The predicted octanol–water partition coefficient (Wildman–Crippen LogP) is 1.43. The first-order chi connectivity index (χ1) is 5.68. The zero-order valence-electron chi connectivity index (χ0n) is 7.41. The standard InChI is InChI=1S/C10H13NO/c1-7-3-4-9-8(5-7)6-11(2)10(9)12/h3-5,10,12H,6H2,1-2H3. The van der Waals surface area contributed by atoms with E-state index in [1.54, 1.807) is 0 Å². The summed E-state index contributed by atoms with van der Waals surface area (Å²) in [6.07, 6.45) is -0.402. The van der Waals surface area contributed by atoms with Crippen molar-refractivity contribution in [1.82, 2.24) is 4.90 Å². The van der Waals surface area contributed by atoms with Crippen molar-refractivity contribution in [2.75, 3.05) is 7.05 Å². The molecule has 0 fully saturated rings. The molecular weight excluding hydrogens is 150 g/mol. The first kappa shape index (κ1) is 7.77. The number of benzene rings is 1. The topological polar surface area (TPSA) is 23.5 Å². The van der Waals surface area contributed by atoms with E-state index in [0.717, 1.165) is 12.1 Å². The van der Waals surface area contributed by atoms with Crippen molar-refractivity contribution >= 4 is 0 Å². The summed E-state index contributed by atoms with van der Waals surface area (Å²) >= 11 is 0. The van der Waals surface area contributed by atoms with Gasteiger partial charge in [-0.05, 0) is 25.1 Å². The summed E-state index contributed by atoms with van der Waals surface area (Å²) in [6.45, 7) is 2.93. The van der Waals surface area contributed by atoms with Gasteiger partial charge in [0, 0.05) is 6.54 Å². The molecule has 2 rings (SSSR count). The van der Waals surface area contributed by atoms with E-state index >= 15 is 0 Å². The molecule has 0 saturated carbocycles. The Kier molecular flexibility index (Phi) is 1.67. The smallest absolute Gasteiger partial charge is 0.133 e. The van der Waals surface area contributed by atoms with Gasteiger partial charge in [0.2, 0.25) is 0 Å². The molecule has 1 atom stereocenters. The van der Waals surface area contributed by atoms with Crippen LogP contribution >= 0.6 is 0 Å². The zero-order chi connectivity index (χ0) is 8.72. The molecule has 2 heteroatoms. The highest BCUT2D eigenvalue weighted by Gasteiger charge is 2.24. The van der Waals surface area contributed by atoms with Crippen molar-refractivity contribution in [3.05, 3.63) is 34.9 Å². The third-order valence-corrected chi connectivity index (χ3v) is 2.41. The maximum Gasteiger partial charge on any atom is 0.133 e. The van der Waals surface area contributed by atoms with Crippen LogP contribution in [0.4, 0.5) is 0 Å². The summed E-state index contributed by atoms with van der Waals surface area (Å²) in [5.74, 6) is 0. The molecule has 1 aromatic carbocycles. The molecule has 2 nitrogen and oxygen atoms in total. The average molecular weight is 163 g/mol. The monoisotopic (exact) mass is 163 g/mol. The number of aryl methyl sites for hydroxylation is 1. The number of hydrogen-bond acceptors (Lipinski definition) is 2. The Bertz CT molecular complexity index is 309. The minimum absolute atomic E-state index is 0.402. The molecule has 0 aromatic heterocycles. The predicted molar refractivity (Wildman–Crippen MR) is 47.6 cm³/mol. The Morgan fingerprint density at radius 2 is 2.25 bits per heavy atom. The van der Waals surface area contributed by atoms with Gasteiger partial charge in [-0.15, -0.1) is 0 Å². The molecule has 0 bridgehead atoms. The van der Waals surface area contributed by atoms with Crippen LogP contribution in [0.25, 0.3) is 0 Å².